The van der Waals surface area contributed by atoms with Gasteiger partial charge in [-0.25, -0.2) is 4.98 Å². The quantitative estimate of drug-likeness (QED) is 0.806. The van der Waals surface area contributed by atoms with Crippen LogP contribution in [0.3, 0.4) is 0 Å². The minimum Gasteiger partial charge on any atom is -0.355 e. The van der Waals surface area contributed by atoms with Gasteiger partial charge in [0.15, 0.2) is 5.13 Å². The first-order valence-corrected chi connectivity index (χ1v) is 5.76. The van der Waals surface area contributed by atoms with Gasteiger partial charge in [0.05, 0.1) is 11.2 Å². The Morgan fingerprint density at radius 3 is 2.64 bits per heavy atom. The summed E-state index contributed by atoms with van der Waals surface area (Å²) in [6.45, 7) is 9.08. The Kier molecular flexibility index (Phi) is 3.50. The van der Waals surface area contributed by atoms with E-state index in [-0.39, 0.29) is 5.54 Å². The fourth-order valence-corrected chi connectivity index (χ4v) is 1.91. The Hall–Kier alpha value is -0.610. The van der Waals surface area contributed by atoms with Crippen molar-refractivity contribution in [3.63, 3.8) is 0 Å². The van der Waals surface area contributed by atoms with E-state index in [1.165, 1.54) is 0 Å². The van der Waals surface area contributed by atoms with Crippen LogP contribution < -0.4 is 11.1 Å². The lowest BCUT2D eigenvalue weighted by Gasteiger charge is -2.33. The number of rotatable bonds is 4. The molecule has 0 aliphatic heterocycles. The Morgan fingerprint density at radius 2 is 2.29 bits per heavy atom. The number of nitrogens with one attached hydrogen (secondary N) is 1. The second-order valence-corrected chi connectivity index (χ2v) is 5.05. The smallest absolute Gasteiger partial charge is 0.183 e. The molecule has 1 atom stereocenters. The summed E-state index contributed by atoms with van der Waals surface area (Å²) in [6, 6.07) is 0. The molecule has 14 heavy (non-hydrogen) atoms. The standard InChI is InChI=1S/C10H19N3S/c1-7(2)10(4,6-11)13-9-12-8(3)5-14-9/h5,7H,6,11H2,1-4H3,(H,12,13). The number of thiazole rings is 1. The summed E-state index contributed by atoms with van der Waals surface area (Å²) in [4.78, 5) is 4.38. The molecule has 0 spiro atoms. The summed E-state index contributed by atoms with van der Waals surface area (Å²) in [5.41, 5.74) is 6.77. The van der Waals surface area contributed by atoms with Crippen molar-refractivity contribution in [2.24, 2.45) is 11.7 Å². The molecule has 0 amide bonds. The molecule has 3 nitrogen and oxygen atoms in total. The van der Waals surface area contributed by atoms with Crippen molar-refractivity contribution < 1.29 is 0 Å². The van der Waals surface area contributed by atoms with Gasteiger partial charge in [0.1, 0.15) is 0 Å². The second-order valence-electron chi connectivity index (χ2n) is 4.20. The van der Waals surface area contributed by atoms with Crippen molar-refractivity contribution in [3.05, 3.63) is 11.1 Å². The van der Waals surface area contributed by atoms with Gasteiger partial charge in [0.2, 0.25) is 0 Å². The predicted molar refractivity (Wildman–Crippen MR) is 62.8 cm³/mol. The van der Waals surface area contributed by atoms with Crippen molar-refractivity contribution in [2.75, 3.05) is 11.9 Å². The summed E-state index contributed by atoms with van der Waals surface area (Å²) >= 11 is 1.63. The van der Waals surface area contributed by atoms with Crippen LogP contribution in [0, 0.1) is 12.8 Å². The van der Waals surface area contributed by atoms with Gasteiger partial charge in [0, 0.05) is 11.9 Å². The van der Waals surface area contributed by atoms with E-state index < -0.39 is 0 Å². The number of nitrogens with zero attached hydrogens (tertiary/aromatic N) is 1. The fourth-order valence-electron chi connectivity index (χ4n) is 1.09. The second kappa shape index (κ2) is 4.28. The molecule has 0 aromatic carbocycles. The first-order chi connectivity index (χ1) is 6.48. The van der Waals surface area contributed by atoms with E-state index in [4.69, 9.17) is 5.73 Å². The highest BCUT2D eigenvalue weighted by Crippen LogP contribution is 2.24. The summed E-state index contributed by atoms with van der Waals surface area (Å²) in [5.74, 6) is 0.483. The van der Waals surface area contributed by atoms with Gasteiger partial charge in [-0.15, -0.1) is 11.3 Å². The van der Waals surface area contributed by atoms with Crippen molar-refractivity contribution in [1.29, 1.82) is 0 Å². The van der Waals surface area contributed by atoms with Crippen LogP contribution in [0.1, 0.15) is 26.5 Å². The number of hydrogen-bond acceptors (Lipinski definition) is 4. The summed E-state index contributed by atoms with van der Waals surface area (Å²) in [7, 11) is 0. The van der Waals surface area contributed by atoms with Gasteiger partial charge in [-0.2, -0.15) is 0 Å². The number of anilines is 1. The molecule has 1 unspecified atom stereocenters. The molecule has 0 aliphatic rings. The Bertz CT molecular complexity index is 295. The molecule has 1 aromatic heterocycles. The lowest BCUT2D eigenvalue weighted by molar-refractivity contribution is 0.382. The zero-order valence-electron chi connectivity index (χ0n) is 9.29. The van der Waals surface area contributed by atoms with Crippen LogP contribution in [-0.4, -0.2) is 17.1 Å². The maximum absolute atomic E-state index is 5.78. The van der Waals surface area contributed by atoms with Crippen LogP contribution >= 0.6 is 11.3 Å². The van der Waals surface area contributed by atoms with Crippen LogP contribution in [0.2, 0.25) is 0 Å². The number of aryl methyl sites for hydroxylation is 1. The van der Waals surface area contributed by atoms with E-state index in [1.807, 2.05) is 12.3 Å². The molecule has 0 saturated heterocycles. The molecule has 3 N–H and O–H groups in total. The maximum Gasteiger partial charge on any atom is 0.183 e. The molecule has 1 heterocycles. The summed E-state index contributed by atoms with van der Waals surface area (Å²) < 4.78 is 0. The van der Waals surface area contributed by atoms with Gasteiger partial charge in [-0.05, 0) is 19.8 Å². The van der Waals surface area contributed by atoms with E-state index in [1.54, 1.807) is 11.3 Å². The Balaban J connectivity index is 2.75. The van der Waals surface area contributed by atoms with Crippen LogP contribution in [-0.2, 0) is 0 Å². The average Bonchev–Trinajstić information content (AvgIpc) is 2.50. The normalized spacial score (nSPS) is 15.6. The largest absolute Gasteiger partial charge is 0.355 e. The molecule has 0 aliphatic carbocycles. The van der Waals surface area contributed by atoms with Crippen molar-refractivity contribution in [1.82, 2.24) is 4.98 Å². The molecular formula is C10H19N3S. The van der Waals surface area contributed by atoms with E-state index in [0.717, 1.165) is 10.8 Å². The van der Waals surface area contributed by atoms with Crippen molar-refractivity contribution in [3.8, 4) is 0 Å². The molecule has 0 fully saturated rings. The van der Waals surface area contributed by atoms with Crippen LogP contribution in [0.5, 0.6) is 0 Å². The van der Waals surface area contributed by atoms with Crippen LogP contribution in [0.4, 0.5) is 5.13 Å². The first-order valence-electron chi connectivity index (χ1n) is 4.88. The molecule has 0 saturated carbocycles. The van der Waals surface area contributed by atoms with E-state index >= 15 is 0 Å². The average molecular weight is 213 g/mol. The zero-order chi connectivity index (χ0) is 10.8. The lowest BCUT2D eigenvalue weighted by atomic mass is 9.89. The minimum absolute atomic E-state index is 0.0652. The van der Waals surface area contributed by atoms with Gasteiger partial charge in [-0.1, -0.05) is 13.8 Å². The topological polar surface area (TPSA) is 50.9 Å². The molecule has 1 rings (SSSR count). The minimum atomic E-state index is -0.0652. The van der Waals surface area contributed by atoms with E-state index in [0.29, 0.717) is 12.5 Å². The summed E-state index contributed by atoms with van der Waals surface area (Å²) in [6.07, 6.45) is 0. The zero-order valence-corrected chi connectivity index (χ0v) is 10.1. The molecular weight excluding hydrogens is 194 g/mol. The van der Waals surface area contributed by atoms with Gasteiger partial charge < -0.3 is 11.1 Å². The monoisotopic (exact) mass is 213 g/mol. The maximum atomic E-state index is 5.78. The third-order valence-electron chi connectivity index (χ3n) is 2.71. The molecule has 4 heteroatoms. The number of hydrogen-bond donors (Lipinski definition) is 2. The Morgan fingerprint density at radius 1 is 1.64 bits per heavy atom. The molecule has 0 radical (unpaired) electrons. The van der Waals surface area contributed by atoms with Crippen LogP contribution in [0.15, 0.2) is 5.38 Å². The first kappa shape index (κ1) is 11.5. The van der Waals surface area contributed by atoms with Gasteiger partial charge in [-0.3, -0.25) is 0 Å². The van der Waals surface area contributed by atoms with Gasteiger partial charge >= 0.3 is 0 Å². The SMILES string of the molecule is Cc1csc(NC(C)(CN)C(C)C)n1. The third-order valence-corrected chi connectivity index (χ3v) is 3.59. The number of nitrogens with two attached hydrogens (primary N) is 1. The van der Waals surface area contributed by atoms with Gasteiger partial charge in [0.25, 0.3) is 0 Å². The van der Waals surface area contributed by atoms with Crippen molar-refractivity contribution >= 4 is 16.5 Å². The lowest BCUT2D eigenvalue weighted by Crippen LogP contribution is -2.47. The van der Waals surface area contributed by atoms with Crippen LogP contribution in [0.25, 0.3) is 0 Å². The predicted octanol–water partition coefficient (Wildman–Crippen LogP) is 2.24. The molecule has 1 aromatic rings. The van der Waals surface area contributed by atoms with E-state index in [2.05, 4.69) is 31.1 Å². The van der Waals surface area contributed by atoms with Crippen molar-refractivity contribution in [2.45, 2.75) is 33.2 Å². The van der Waals surface area contributed by atoms with E-state index in [9.17, 15) is 0 Å². The Labute approximate surface area is 89.7 Å². The number of aromatic nitrogens is 1. The highest BCUT2D eigenvalue weighted by Gasteiger charge is 2.27. The third kappa shape index (κ3) is 2.45. The molecule has 0 bridgehead atoms. The molecule has 80 valence electrons. The highest BCUT2D eigenvalue weighted by molar-refractivity contribution is 7.13. The fraction of sp³-hybridized carbons (Fsp3) is 0.700. The highest BCUT2D eigenvalue weighted by atomic mass is 32.1. The summed E-state index contributed by atoms with van der Waals surface area (Å²) in [5, 5.41) is 6.41.